The van der Waals surface area contributed by atoms with Gasteiger partial charge in [0.1, 0.15) is 0 Å². The van der Waals surface area contributed by atoms with Crippen molar-refractivity contribution in [3.63, 3.8) is 0 Å². The zero-order valence-corrected chi connectivity index (χ0v) is 12.0. The molecule has 2 aliphatic carbocycles. The molecule has 2 saturated carbocycles. The molecule has 2 heteroatoms. The minimum absolute atomic E-state index is 0.285. The van der Waals surface area contributed by atoms with Gasteiger partial charge in [-0.25, -0.2) is 0 Å². The lowest BCUT2D eigenvalue weighted by atomic mass is 9.80. The van der Waals surface area contributed by atoms with Crippen molar-refractivity contribution in [3.8, 4) is 0 Å². The highest BCUT2D eigenvalue weighted by atomic mass is 16.1. The van der Waals surface area contributed by atoms with E-state index in [1.54, 1.807) is 0 Å². The van der Waals surface area contributed by atoms with Crippen LogP contribution < -0.4 is 5.32 Å². The molecule has 1 aliphatic heterocycles. The van der Waals surface area contributed by atoms with Gasteiger partial charge in [-0.05, 0) is 37.3 Å². The van der Waals surface area contributed by atoms with Gasteiger partial charge in [0.05, 0.1) is 0 Å². The van der Waals surface area contributed by atoms with Crippen molar-refractivity contribution >= 4 is 5.78 Å². The summed E-state index contributed by atoms with van der Waals surface area (Å²) in [4.78, 5) is 12.9. The van der Waals surface area contributed by atoms with E-state index in [0.29, 0.717) is 11.2 Å². The smallest absolute Gasteiger partial charge is 0.166 e. The van der Waals surface area contributed by atoms with Gasteiger partial charge in [0, 0.05) is 23.4 Å². The SMILES string of the molecule is O=C(c1ccccc1C12CNCC1C2)C1CCCCC1. The summed E-state index contributed by atoms with van der Waals surface area (Å²) in [6, 6.07) is 8.43. The number of ketones is 1. The Bertz CT molecular complexity index is 532. The van der Waals surface area contributed by atoms with Crippen molar-refractivity contribution in [2.24, 2.45) is 11.8 Å². The molecule has 3 fully saturated rings. The quantitative estimate of drug-likeness (QED) is 0.853. The van der Waals surface area contributed by atoms with E-state index in [9.17, 15) is 4.79 Å². The van der Waals surface area contributed by atoms with Crippen LogP contribution in [0.2, 0.25) is 0 Å². The fourth-order valence-corrected chi connectivity index (χ4v) is 4.48. The molecule has 0 amide bonds. The minimum Gasteiger partial charge on any atom is -0.316 e. The third-order valence-electron chi connectivity index (χ3n) is 5.77. The van der Waals surface area contributed by atoms with E-state index in [1.165, 1.54) is 31.2 Å². The first-order valence-corrected chi connectivity index (χ1v) is 8.16. The van der Waals surface area contributed by atoms with Crippen LogP contribution >= 0.6 is 0 Å². The van der Waals surface area contributed by atoms with Gasteiger partial charge in [-0.15, -0.1) is 0 Å². The molecule has 1 heterocycles. The monoisotopic (exact) mass is 269 g/mol. The Kier molecular flexibility index (Phi) is 2.95. The maximum absolute atomic E-state index is 12.9. The van der Waals surface area contributed by atoms with Crippen molar-refractivity contribution in [1.82, 2.24) is 5.32 Å². The second kappa shape index (κ2) is 4.70. The Morgan fingerprint density at radius 1 is 1.15 bits per heavy atom. The van der Waals surface area contributed by atoms with E-state index in [4.69, 9.17) is 0 Å². The fraction of sp³-hybridized carbons (Fsp3) is 0.611. The van der Waals surface area contributed by atoms with Gasteiger partial charge >= 0.3 is 0 Å². The zero-order chi connectivity index (χ0) is 13.6. The van der Waals surface area contributed by atoms with Gasteiger partial charge < -0.3 is 5.32 Å². The van der Waals surface area contributed by atoms with E-state index >= 15 is 0 Å². The maximum Gasteiger partial charge on any atom is 0.166 e. The standard InChI is InChI=1S/C18H23NO/c20-17(13-6-2-1-3-7-13)15-8-4-5-9-16(15)18-10-14(18)11-19-12-18/h4-5,8-9,13-14,19H,1-3,6-7,10-12H2. The number of hydrogen-bond acceptors (Lipinski definition) is 2. The number of piperidine rings is 1. The van der Waals surface area contributed by atoms with Gasteiger partial charge in [-0.1, -0.05) is 43.5 Å². The molecule has 1 aromatic rings. The maximum atomic E-state index is 12.9. The predicted molar refractivity (Wildman–Crippen MR) is 80.0 cm³/mol. The van der Waals surface area contributed by atoms with Gasteiger partial charge in [-0.3, -0.25) is 4.79 Å². The summed E-state index contributed by atoms with van der Waals surface area (Å²) in [5.74, 6) is 1.47. The van der Waals surface area contributed by atoms with Crippen LogP contribution in [-0.4, -0.2) is 18.9 Å². The summed E-state index contributed by atoms with van der Waals surface area (Å²) < 4.78 is 0. The third-order valence-corrected chi connectivity index (χ3v) is 5.77. The van der Waals surface area contributed by atoms with Crippen LogP contribution in [0.4, 0.5) is 0 Å². The van der Waals surface area contributed by atoms with Crippen molar-refractivity contribution < 1.29 is 4.79 Å². The van der Waals surface area contributed by atoms with Crippen molar-refractivity contribution in [3.05, 3.63) is 35.4 Å². The Morgan fingerprint density at radius 3 is 2.65 bits per heavy atom. The van der Waals surface area contributed by atoms with E-state index in [0.717, 1.165) is 37.4 Å². The Balaban J connectivity index is 1.66. The average Bonchev–Trinajstić information content (AvgIpc) is 3.09. The second-order valence-corrected chi connectivity index (χ2v) is 6.93. The number of fused-ring (bicyclic) bond motifs is 1. The van der Waals surface area contributed by atoms with Crippen LogP contribution in [0, 0.1) is 11.8 Å². The number of nitrogens with one attached hydrogen (secondary N) is 1. The average molecular weight is 269 g/mol. The first kappa shape index (κ1) is 12.6. The van der Waals surface area contributed by atoms with Gasteiger partial charge in [0.2, 0.25) is 0 Å². The highest BCUT2D eigenvalue weighted by molar-refractivity contribution is 5.99. The largest absolute Gasteiger partial charge is 0.316 e. The van der Waals surface area contributed by atoms with E-state index in [2.05, 4.69) is 23.5 Å². The Labute approximate surface area is 121 Å². The number of rotatable bonds is 3. The van der Waals surface area contributed by atoms with Gasteiger partial charge in [0.25, 0.3) is 0 Å². The number of Topliss-reactive ketones (excluding diaryl/α,β-unsaturated/α-hetero) is 1. The van der Waals surface area contributed by atoms with Crippen LogP contribution in [0.1, 0.15) is 54.4 Å². The summed E-state index contributed by atoms with van der Waals surface area (Å²) in [5.41, 5.74) is 2.66. The Morgan fingerprint density at radius 2 is 1.95 bits per heavy atom. The molecular weight excluding hydrogens is 246 g/mol. The zero-order valence-electron chi connectivity index (χ0n) is 12.0. The molecule has 0 radical (unpaired) electrons. The Hall–Kier alpha value is -1.15. The molecule has 0 aromatic heterocycles. The number of carbonyl (C=O) groups excluding carboxylic acids is 1. The summed E-state index contributed by atoms with van der Waals surface area (Å²) in [7, 11) is 0. The molecule has 1 saturated heterocycles. The number of hydrogen-bond donors (Lipinski definition) is 1. The highest BCUT2D eigenvalue weighted by Crippen LogP contribution is 2.57. The van der Waals surface area contributed by atoms with E-state index in [-0.39, 0.29) is 5.92 Å². The molecule has 106 valence electrons. The van der Waals surface area contributed by atoms with Crippen molar-refractivity contribution in [2.75, 3.05) is 13.1 Å². The first-order chi connectivity index (χ1) is 9.81. The molecule has 4 rings (SSSR count). The van der Waals surface area contributed by atoms with Crippen LogP contribution in [0.25, 0.3) is 0 Å². The molecule has 3 aliphatic rings. The number of benzene rings is 1. The van der Waals surface area contributed by atoms with Crippen molar-refractivity contribution in [1.29, 1.82) is 0 Å². The third kappa shape index (κ3) is 1.85. The second-order valence-electron chi connectivity index (χ2n) is 6.93. The molecule has 2 atom stereocenters. The molecule has 20 heavy (non-hydrogen) atoms. The number of carbonyl (C=O) groups is 1. The fourth-order valence-electron chi connectivity index (χ4n) is 4.48. The topological polar surface area (TPSA) is 29.1 Å². The highest BCUT2D eigenvalue weighted by Gasteiger charge is 2.59. The lowest BCUT2D eigenvalue weighted by Crippen LogP contribution is -2.24. The van der Waals surface area contributed by atoms with E-state index < -0.39 is 0 Å². The molecule has 1 aromatic carbocycles. The minimum atomic E-state index is 0.285. The summed E-state index contributed by atoms with van der Waals surface area (Å²) in [6.07, 6.45) is 7.24. The molecule has 0 spiro atoms. The summed E-state index contributed by atoms with van der Waals surface area (Å²) in [5, 5.41) is 3.50. The first-order valence-electron chi connectivity index (χ1n) is 8.16. The van der Waals surface area contributed by atoms with Gasteiger partial charge in [0.15, 0.2) is 5.78 Å². The normalized spacial score (nSPS) is 32.9. The predicted octanol–water partition coefficient (Wildman–Crippen LogP) is 3.31. The van der Waals surface area contributed by atoms with Gasteiger partial charge in [-0.2, -0.15) is 0 Å². The lowest BCUT2D eigenvalue weighted by Gasteiger charge is -2.23. The molecule has 2 nitrogen and oxygen atoms in total. The van der Waals surface area contributed by atoms with Crippen LogP contribution in [0.15, 0.2) is 24.3 Å². The molecular formula is C18H23NO. The lowest BCUT2D eigenvalue weighted by molar-refractivity contribution is 0.0888. The van der Waals surface area contributed by atoms with Crippen LogP contribution in [0.5, 0.6) is 0 Å². The summed E-state index contributed by atoms with van der Waals surface area (Å²) in [6.45, 7) is 2.19. The molecule has 0 bridgehead atoms. The van der Waals surface area contributed by atoms with Crippen LogP contribution in [0.3, 0.4) is 0 Å². The summed E-state index contributed by atoms with van der Waals surface area (Å²) >= 11 is 0. The molecule has 1 N–H and O–H groups in total. The van der Waals surface area contributed by atoms with Crippen LogP contribution in [-0.2, 0) is 5.41 Å². The molecule has 2 unspecified atom stereocenters. The van der Waals surface area contributed by atoms with Crippen molar-refractivity contribution in [2.45, 2.75) is 43.9 Å². The van der Waals surface area contributed by atoms with E-state index in [1.807, 2.05) is 6.07 Å².